The number of benzene rings is 2. The molecule has 0 spiro atoms. The Morgan fingerprint density at radius 1 is 0.875 bits per heavy atom. The van der Waals surface area contributed by atoms with Gasteiger partial charge in [-0.2, -0.15) is 4.31 Å². The Morgan fingerprint density at radius 3 is 1.88 bits per heavy atom. The van der Waals surface area contributed by atoms with Gasteiger partial charge in [0.1, 0.15) is 0 Å². The number of hydrogen-bond donors (Lipinski definition) is 0. The highest BCUT2D eigenvalue weighted by molar-refractivity contribution is 7.89. The number of sulfonamides is 1. The minimum absolute atomic E-state index is 0.352. The lowest BCUT2D eigenvalue weighted by Gasteiger charge is -2.33. The molecular weight excluding hydrogens is 344 g/mol. The molecule has 128 valence electrons. The van der Waals surface area contributed by atoms with E-state index < -0.39 is 10.0 Å². The first-order chi connectivity index (χ1) is 11.5. The number of likely N-dealkylation sites (N-methyl/N-ethyl adjacent to an activating group) is 1. The molecule has 2 aromatic rings. The van der Waals surface area contributed by atoms with Crippen LogP contribution in [0, 0.1) is 0 Å². The van der Waals surface area contributed by atoms with Gasteiger partial charge in [-0.1, -0.05) is 42.8 Å². The standard InChI is InChI=1S/C18H21ClN2O2S/c1-2-20-11-13-21(14-12-20)24(22,23)18-9-5-16(6-10-18)15-3-7-17(19)8-4-15/h3-10H,2,11-14H2,1H3. The van der Waals surface area contributed by atoms with Crippen molar-refractivity contribution >= 4 is 21.6 Å². The van der Waals surface area contributed by atoms with Gasteiger partial charge in [-0.15, -0.1) is 0 Å². The normalized spacial score (nSPS) is 17.1. The number of piperazine rings is 1. The van der Waals surface area contributed by atoms with Gasteiger partial charge in [0.2, 0.25) is 10.0 Å². The van der Waals surface area contributed by atoms with Crippen LogP contribution in [-0.4, -0.2) is 50.3 Å². The van der Waals surface area contributed by atoms with E-state index in [4.69, 9.17) is 11.6 Å². The third-order valence-electron chi connectivity index (χ3n) is 4.45. The second kappa shape index (κ2) is 7.23. The minimum Gasteiger partial charge on any atom is -0.301 e. The van der Waals surface area contributed by atoms with E-state index in [1.54, 1.807) is 16.4 Å². The molecule has 1 aliphatic heterocycles. The molecule has 1 saturated heterocycles. The molecule has 2 aromatic carbocycles. The fourth-order valence-corrected chi connectivity index (χ4v) is 4.45. The third kappa shape index (κ3) is 3.64. The van der Waals surface area contributed by atoms with Crippen molar-refractivity contribution in [1.29, 1.82) is 0 Å². The molecule has 0 bridgehead atoms. The monoisotopic (exact) mass is 364 g/mol. The molecule has 0 radical (unpaired) electrons. The highest BCUT2D eigenvalue weighted by Gasteiger charge is 2.27. The summed E-state index contributed by atoms with van der Waals surface area (Å²) in [6.07, 6.45) is 0. The van der Waals surface area contributed by atoms with E-state index in [0.717, 1.165) is 30.8 Å². The van der Waals surface area contributed by atoms with E-state index >= 15 is 0 Å². The number of halogens is 1. The maximum absolute atomic E-state index is 12.8. The van der Waals surface area contributed by atoms with Gasteiger partial charge >= 0.3 is 0 Å². The van der Waals surface area contributed by atoms with Crippen molar-refractivity contribution in [1.82, 2.24) is 9.21 Å². The zero-order chi connectivity index (χ0) is 17.2. The zero-order valence-electron chi connectivity index (χ0n) is 13.7. The molecule has 0 saturated carbocycles. The van der Waals surface area contributed by atoms with Gasteiger partial charge in [-0.3, -0.25) is 0 Å². The number of hydrogen-bond acceptors (Lipinski definition) is 3. The lowest BCUT2D eigenvalue weighted by atomic mass is 10.1. The Balaban J connectivity index is 1.78. The summed E-state index contributed by atoms with van der Waals surface area (Å²) in [7, 11) is -3.41. The molecule has 0 unspecified atom stereocenters. The minimum atomic E-state index is -3.41. The SMILES string of the molecule is CCN1CCN(S(=O)(=O)c2ccc(-c3ccc(Cl)cc3)cc2)CC1. The van der Waals surface area contributed by atoms with Crippen LogP contribution < -0.4 is 0 Å². The number of nitrogens with zero attached hydrogens (tertiary/aromatic N) is 2. The molecule has 0 atom stereocenters. The van der Waals surface area contributed by atoms with Crippen LogP contribution in [0.1, 0.15) is 6.92 Å². The first-order valence-electron chi connectivity index (χ1n) is 8.09. The van der Waals surface area contributed by atoms with Crippen LogP contribution >= 0.6 is 11.6 Å². The molecule has 6 heteroatoms. The second-order valence-corrected chi connectivity index (χ2v) is 8.24. The van der Waals surface area contributed by atoms with Gasteiger partial charge in [0.25, 0.3) is 0 Å². The lowest BCUT2D eigenvalue weighted by molar-refractivity contribution is 0.196. The second-order valence-electron chi connectivity index (χ2n) is 5.87. The summed E-state index contributed by atoms with van der Waals surface area (Å²) in [6.45, 7) is 5.74. The fraction of sp³-hybridized carbons (Fsp3) is 0.333. The van der Waals surface area contributed by atoms with Crippen LogP contribution in [0.3, 0.4) is 0 Å². The van der Waals surface area contributed by atoms with Crippen LogP contribution in [0.5, 0.6) is 0 Å². The summed E-state index contributed by atoms with van der Waals surface area (Å²) in [5.74, 6) is 0. The van der Waals surface area contributed by atoms with Crippen molar-refractivity contribution < 1.29 is 8.42 Å². The summed E-state index contributed by atoms with van der Waals surface area (Å²) >= 11 is 5.90. The smallest absolute Gasteiger partial charge is 0.243 e. The predicted molar refractivity (Wildman–Crippen MR) is 97.8 cm³/mol. The summed E-state index contributed by atoms with van der Waals surface area (Å²) in [5, 5.41) is 0.684. The fourth-order valence-electron chi connectivity index (χ4n) is 2.90. The molecule has 0 aromatic heterocycles. The van der Waals surface area contributed by atoms with Crippen molar-refractivity contribution in [3.63, 3.8) is 0 Å². The topological polar surface area (TPSA) is 40.6 Å². The van der Waals surface area contributed by atoms with E-state index in [1.807, 2.05) is 36.4 Å². The first kappa shape index (κ1) is 17.4. The number of rotatable bonds is 4. The molecular formula is C18H21ClN2O2S. The van der Waals surface area contributed by atoms with Crippen molar-refractivity contribution in [2.24, 2.45) is 0 Å². The molecule has 4 nitrogen and oxygen atoms in total. The maximum atomic E-state index is 12.8. The molecule has 1 heterocycles. The van der Waals surface area contributed by atoms with Crippen LogP contribution in [-0.2, 0) is 10.0 Å². The molecule has 3 rings (SSSR count). The van der Waals surface area contributed by atoms with Gasteiger partial charge in [0.15, 0.2) is 0 Å². The molecule has 0 aliphatic carbocycles. The van der Waals surface area contributed by atoms with Crippen LogP contribution in [0.25, 0.3) is 11.1 Å². The van der Waals surface area contributed by atoms with Crippen LogP contribution in [0.2, 0.25) is 5.02 Å². The Hall–Kier alpha value is -1.40. The molecule has 1 aliphatic rings. The third-order valence-corrected chi connectivity index (χ3v) is 6.61. The van der Waals surface area contributed by atoms with E-state index in [-0.39, 0.29) is 0 Å². The van der Waals surface area contributed by atoms with E-state index in [1.165, 1.54) is 0 Å². The summed E-state index contributed by atoms with van der Waals surface area (Å²) in [5.41, 5.74) is 1.99. The molecule has 0 amide bonds. The van der Waals surface area contributed by atoms with Gasteiger partial charge in [-0.25, -0.2) is 8.42 Å². The van der Waals surface area contributed by atoms with Gasteiger partial charge in [0.05, 0.1) is 4.90 Å². The lowest BCUT2D eigenvalue weighted by Crippen LogP contribution is -2.48. The van der Waals surface area contributed by atoms with Crippen molar-refractivity contribution in [2.75, 3.05) is 32.7 Å². The summed E-state index contributed by atoms with van der Waals surface area (Å²) < 4.78 is 27.1. The highest BCUT2D eigenvalue weighted by Crippen LogP contribution is 2.24. The Bertz CT molecular complexity index is 781. The predicted octanol–water partition coefficient (Wildman–Crippen LogP) is 3.33. The first-order valence-corrected chi connectivity index (χ1v) is 9.91. The Morgan fingerprint density at radius 2 is 1.38 bits per heavy atom. The Kier molecular flexibility index (Phi) is 5.25. The summed E-state index contributed by atoms with van der Waals surface area (Å²) in [4.78, 5) is 2.61. The van der Waals surface area contributed by atoms with E-state index in [2.05, 4.69) is 11.8 Å². The molecule has 24 heavy (non-hydrogen) atoms. The average Bonchev–Trinajstić information content (AvgIpc) is 2.62. The van der Waals surface area contributed by atoms with Crippen LogP contribution in [0.15, 0.2) is 53.4 Å². The highest BCUT2D eigenvalue weighted by atomic mass is 35.5. The van der Waals surface area contributed by atoms with Crippen molar-refractivity contribution in [2.45, 2.75) is 11.8 Å². The van der Waals surface area contributed by atoms with Gasteiger partial charge < -0.3 is 4.90 Å². The average molecular weight is 365 g/mol. The van der Waals surface area contributed by atoms with E-state index in [0.29, 0.717) is 23.0 Å². The van der Waals surface area contributed by atoms with E-state index in [9.17, 15) is 8.42 Å². The molecule has 0 N–H and O–H groups in total. The van der Waals surface area contributed by atoms with Crippen molar-refractivity contribution in [3.8, 4) is 11.1 Å². The zero-order valence-corrected chi connectivity index (χ0v) is 15.2. The van der Waals surface area contributed by atoms with Crippen molar-refractivity contribution in [3.05, 3.63) is 53.6 Å². The molecule has 1 fully saturated rings. The summed E-state index contributed by atoms with van der Waals surface area (Å²) in [6, 6.07) is 14.6. The van der Waals surface area contributed by atoms with Crippen LogP contribution in [0.4, 0.5) is 0 Å². The largest absolute Gasteiger partial charge is 0.301 e. The maximum Gasteiger partial charge on any atom is 0.243 e. The Labute approximate surface area is 148 Å². The quantitative estimate of drug-likeness (QED) is 0.835. The van der Waals surface area contributed by atoms with Gasteiger partial charge in [-0.05, 0) is 41.9 Å². The van der Waals surface area contributed by atoms with Gasteiger partial charge in [0, 0.05) is 31.2 Å².